The lowest BCUT2D eigenvalue weighted by atomic mass is 10.2. The lowest BCUT2D eigenvalue weighted by Gasteiger charge is -2.22. The van der Waals surface area contributed by atoms with E-state index in [0.29, 0.717) is 26.2 Å². The molecule has 1 heterocycles. The maximum atomic E-state index is 12.1. The number of hydrogen-bond acceptors (Lipinski definition) is 3. The Morgan fingerprint density at radius 1 is 1.33 bits per heavy atom. The third-order valence-electron chi connectivity index (χ3n) is 3.08. The van der Waals surface area contributed by atoms with Crippen LogP contribution >= 0.6 is 0 Å². The van der Waals surface area contributed by atoms with Crippen LogP contribution in [0.25, 0.3) is 0 Å². The average molecular weight is 288 g/mol. The van der Waals surface area contributed by atoms with Crippen LogP contribution in [0.2, 0.25) is 0 Å². The number of nitrogens with one attached hydrogen (secondary N) is 1. The maximum Gasteiger partial charge on any atom is 0.317 e. The number of aromatic nitrogens is 2. The summed E-state index contributed by atoms with van der Waals surface area (Å²) >= 11 is 0. The monoisotopic (exact) mass is 288 g/mol. The number of aliphatic hydroxyl groups is 1. The average Bonchev–Trinajstić information content (AvgIpc) is 3.01. The van der Waals surface area contributed by atoms with Crippen molar-refractivity contribution in [3.63, 3.8) is 0 Å². The van der Waals surface area contributed by atoms with Crippen LogP contribution in [-0.2, 0) is 13.1 Å². The fourth-order valence-electron chi connectivity index (χ4n) is 2.00. The summed E-state index contributed by atoms with van der Waals surface area (Å²) in [5.74, 6) is 0. The molecule has 21 heavy (non-hydrogen) atoms. The SMILES string of the molecule is O=C(NCCn1ccnc1)N(CCO)Cc1ccccc1. The molecule has 1 aromatic carbocycles. The number of carbonyl (C=O) groups is 1. The van der Waals surface area contributed by atoms with E-state index in [1.54, 1.807) is 17.4 Å². The molecule has 6 nitrogen and oxygen atoms in total. The second-order valence-corrected chi connectivity index (χ2v) is 4.66. The van der Waals surface area contributed by atoms with Crippen LogP contribution in [0.1, 0.15) is 5.56 Å². The van der Waals surface area contributed by atoms with E-state index >= 15 is 0 Å². The highest BCUT2D eigenvalue weighted by Gasteiger charge is 2.12. The van der Waals surface area contributed by atoms with Crippen LogP contribution in [0, 0.1) is 0 Å². The summed E-state index contributed by atoms with van der Waals surface area (Å²) in [6.07, 6.45) is 5.26. The molecule has 0 unspecified atom stereocenters. The molecule has 0 aliphatic rings. The largest absolute Gasteiger partial charge is 0.395 e. The molecule has 112 valence electrons. The molecule has 2 rings (SSSR count). The predicted molar refractivity (Wildman–Crippen MR) is 79.6 cm³/mol. The molecular weight excluding hydrogens is 268 g/mol. The molecule has 0 bridgehead atoms. The molecule has 6 heteroatoms. The van der Waals surface area contributed by atoms with Gasteiger partial charge in [-0.25, -0.2) is 9.78 Å². The van der Waals surface area contributed by atoms with Gasteiger partial charge in [0.25, 0.3) is 0 Å². The van der Waals surface area contributed by atoms with E-state index in [2.05, 4.69) is 10.3 Å². The number of rotatable bonds is 7. The van der Waals surface area contributed by atoms with Gasteiger partial charge < -0.3 is 19.9 Å². The first kappa shape index (κ1) is 15.1. The van der Waals surface area contributed by atoms with Gasteiger partial charge in [-0.1, -0.05) is 30.3 Å². The Bertz CT molecular complexity index is 528. The van der Waals surface area contributed by atoms with Crippen LogP contribution in [-0.4, -0.2) is 45.3 Å². The van der Waals surface area contributed by atoms with Gasteiger partial charge >= 0.3 is 6.03 Å². The second kappa shape index (κ2) is 8.06. The van der Waals surface area contributed by atoms with Gasteiger partial charge in [-0.2, -0.15) is 0 Å². The molecule has 2 aromatic rings. The number of benzene rings is 1. The molecule has 0 radical (unpaired) electrons. The lowest BCUT2D eigenvalue weighted by molar-refractivity contribution is 0.174. The fraction of sp³-hybridized carbons (Fsp3) is 0.333. The molecule has 2 amide bonds. The lowest BCUT2D eigenvalue weighted by Crippen LogP contribution is -2.42. The van der Waals surface area contributed by atoms with E-state index in [0.717, 1.165) is 5.56 Å². The van der Waals surface area contributed by atoms with Crippen LogP contribution in [0.3, 0.4) is 0 Å². The zero-order valence-corrected chi connectivity index (χ0v) is 11.9. The molecule has 0 spiro atoms. The fourth-order valence-corrected chi connectivity index (χ4v) is 2.00. The first-order valence-electron chi connectivity index (χ1n) is 6.93. The van der Waals surface area contributed by atoms with Crippen LogP contribution in [0.4, 0.5) is 4.79 Å². The van der Waals surface area contributed by atoms with Crippen LogP contribution in [0.5, 0.6) is 0 Å². The molecule has 1 aromatic heterocycles. The number of amides is 2. The van der Waals surface area contributed by atoms with E-state index in [9.17, 15) is 4.79 Å². The van der Waals surface area contributed by atoms with Gasteiger partial charge in [0, 0.05) is 38.6 Å². The summed E-state index contributed by atoms with van der Waals surface area (Å²) < 4.78 is 1.90. The number of aliphatic hydroxyl groups excluding tert-OH is 1. The van der Waals surface area contributed by atoms with Gasteiger partial charge in [0.05, 0.1) is 12.9 Å². The van der Waals surface area contributed by atoms with Crippen molar-refractivity contribution in [1.82, 2.24) is 19.8 Å². The van der Waals surface area contributed by atoms with E-state index in [1.807, 2.05) is 41.1 Å². The quantitative estimate of drug-likeness (QED) is 0.801. The Labute approximate surface area is 124 Å². The smallest absolute Gasteiger partial charge is 0.317 e. The molecule has 0 saturated heterocycles. The summed E-state index contributed by atoms with van der Waals surface area (Å²) in [5.41, 5.74) is 1.04. The normalized spacial score (nSPS) is 10.3. The molecule has 0 fully saturated rings. The predicted octanol–water partition coefficient (Wildman–Crippen LogP) is 1.09. The van der Waals surface area contributed by atoms with Gasteiger partial charge in [0.2, 0.25) is 0 Å². The molecule has 0 saturated carbocycles. The van der Waals surface area contributed by atoms with Crippen molar-refractivity contribution in [3.05, 3.63) is 54.6 Å². The van der Waals surface area contributed by atoms with E-state index in [4.69, 9.17) is 5.11 Å². The Morgan fingerprint density at radius 2 is 2.14 bits per heavy atom. The maximum absolute atomic E-state index is 12.1. The Kier molecular flexibility index (Phi) is 5.78. The topological polar surface area (TPSA) is 70.4 Å². The van der Waals surface area contributed by atoms with Crippen LogP contribution in [0.15, 0.2) is 49.1 Å². The molecule has 0 aliphatic carbocycles. The summed E-state index contributed by atoms with van der Waals surface area (Å²) in [4.78, 5) is 17.7. The Morgan fingerprint density at radius 3 is 2.81 bits per heavy atom. The Hall–Kier alpha value is -2.34. The minimum atomic E-state index is -0.173. The molecule has 2 N–H and O–H groups in total. The van der Waals surface area contributed by atoms with E-state index in [1.165, 1.54) is 0 Å². The zero-order chi connectivity index (χ0) is 14.9. The highest BCUT2D eigenvalue weighted by molar-refractivity contribution is 5.74. The van der Waals surface area contributed by atoms with Crippen molar-refractivity contribution in [1.29, 1.82) is 0 Å². The standard InChI is InChI=1S/C15H20N4O2/c20-11-10-19(12-14-4-2-1-3-5-14)15(21)17-7-9-18-8-6-16-13-18/h1-6,8,13,20H,7,9-12H2,(H,17,21). The Balaban J connectivity index is 1.83. The van der Waals surface area contributed by atoms with Gasteiger partial charge in [-0.15, -0.1) is 0 Å². The number of imidazole rings is 1. The van der Waals surface area contributed by atoms with Crippen LogP contribution < -0.4 is 5.32 Å². The minimum Gasteiger partial charge on any atom is -0.395 e. The molecule has 0 atom stereocenters. The highest BCUT2D eigenvalue weighted by atomic mass is 16.3. The first-order chi connectivity index (χ1) is 10.3. The van der Waals surface area contributed by atoms with Gasteiger partial charge in [0.15, 0.2) is 0 Å². The molecular formula is C15H20N4O2. The first-order valence-corrected chi connectivity index (χ1v) is 6.93. The minimum absolute atomic E-state index is 0.0538. The zero-order valence-electron chi connectivity index (χ0n) is 11.9. The third-order valence-corrected chi connectivity index (χ3v) is 3.08. The van der Waals surface area contributed by atoms with Crippen molar-refractivity contribution in [2.24, 2.45) is 0 Å². The van der Waals surface area contributed by atoms with Crippen molar-refractivity contribution < 1.29 is 9.90 Å². The summed E-state index contributed by atoms with van der Waals surface area (Å²) in [5, 5.41) is 12.0. The molecule has 0 aliphatic heterocycles. The van der Waals surface area contributed by atoms with E-state index < -0.39 is 0 Å². The van der Waals surface area contributed by atoms with Gasteiger partial charge in [-0.05, 0) is 5.56 Å². The van der Waals surface area contributed by atoms with E-state index in [-0.39, 0.29) is 12.6 Å². The number of carbonyl (C=O) groups excluding carboxylic acids is 1. The van der Waals surface area contributed by atoms with Crippen molar-refractivity contribution in [3.8, 4) is 0 Å². The van der Waals surface area contributed by atoms with Crippen molar-refractivity contribution >= 4 is 6.03 Å². The number of nitrogens with zero attached hydrogens (tertiary/aromatic N) is 3. The summed E-state index contributed by atoms with van der Waals surface area (Å²) in [6, 6.07) is 9.55. The number of urea groups is 1. The third kappa shape index (κ3) is 4.92. The van der Waals surface area contributed by atoms with Crippen molar-refractivity contribution in [2.75, 3.05) is 19.7 Å². The second-order valence-electron chi connectivity index (χ2n) is 4.66. The van der Waals surface area contributed by atoms with Gasteiger partial charge in [-0.3, -0.25) is 0 Å². The summed E-state index contributed by atoms with van der Waals surface area (Å²) in [6.45, 7) is 1.93. The number of hydrogen-bond donors (Lipinski definition) is 2. The highest BCUT2D eigenvalue weighted by Crippen LogP contribution is 2.04. The van der Waals surface area contributed by atoms with Crippen molar-refractivity contribution in [2.45, 2.75) is 13.1 Å². The summed E-state index contributed by atoms with van der Waals surface area (Å²) in [7, 11) is 0. The van der Waals surface area contributed by atoms with Gasteiger partial charge in [0.1, 0.15) is 0 Å².